The van der Waals surface area contributed by atoms with Gasteiger partial charge in [0.15, 0.2) is 0 Å². The van der Waals surface area contributed by atoms with E-state index in [-0.39, 0.29) is 5.92 Å². The van der Waals surface area contributed by atoms with E-state index in [0.717, 1.165) is 25.7 Å². The van der Waals surface area contributed by atoms with Crippen molar-refractivity contribution in [2.45, 2.75) is 71.4 Å². The number of amides is 1. The molecule has 0 fully saturated rings. The van der Waals surface area contributed by atoms with E-state index >= 15 is 0 Å². The fourth-order valence-corrected chi connectivity index (χ4v) is 1.85. The Morgan fingerprint density at radius 3 is 2.26 bits per heavy atom. The second-order valence-electron chi connectivity index (χ2n) is 5.39. The molecule has 5 heteroatoms. The van der Waals surface area contributed by atoms with Gasteiger partial charge in [0, 0.05) is 0 Å². The number of nitrogens with one attached hydrogen (secondary N) is 1. The zero-order chi connectivity index (χ0) is 14.8. The highest BCUT2D eigenvalue weighted by molar-refractivity contribution is 5.86. The minimum absolute atomic E-state index is 0.189. The molecule has 0 aliphatic carbocycles. The zero-order valence-corrected chi connectivity index (χ0v) is 12.2. The number of aliphatic hydroxyl groups is 1. The fourth-order valence-electron chi connectivity index (χ4n) is 1.85. The van der Waals surface area contributed by atoms with E-state index in [1.807, 2.05) is 13.8 Å². The van der Waals surface area contributed by atoms with Gasteiger partial charge in [0.25, 0.3) is 0 Å². The average molecular weight is 273 g/mol. The Hall–Kier alpha value is -1.10. The van der Waals surface area contributed by atoms with Gasteiger partial charge in [-0.15, -0.1) is 0 Å². The molecular formula is C14H27NO4. The highest BCUT2D eigenvalue weighted by Crippen LogP contribution is 2.08. The SMILES string of the molecule is CCCCCC[C@@H](NC(=O)[C@H](O)CC(C)C)C(=O)O. The van der Waals surface area contributed by atoms with Crippen LogP contribution in [0.3, 0.4) is 0 Å². The maximum Gasteiger partial charge on any atom is 0.326 e. The van der Waals surface area contributed by atoms with E-state index in [2.05, 4.69) is 12.2 Å². The summed E-state index contributed by atoms with van der Waals surface area (Å²) in [6.07, 6.45) is 3.50. The van der Waals surface area contributed by atoms with Crippen LogP contribution >= 0.6 is 0 Å². The maximum atomic E-state index is 11.7. The van der Waals surface area contributed by atoms with Crippen LogP contribution in [0, 0.1) is 5.92 Å². The number of aliphatic carboxylic acids is 1. The number of unbranched alkanes of at least 4 members (excludes halogenated alkanes) is 3. The summed E-state index contributed by atoms with van der Waals surface area (Å²) in [4.78, 5) is 22.7. The number of carbonyl (C=O) groups is 2. The second-order valence-corrected chi connectivity index (χ2v) is 5.39. The number of hydrogen-bond acceptors (Lipinski definition) is 3. The minimum Gasteiger partial charge on any atom is -0.480 e. The Balaban J connectivity index is 4.18. The Morgan fingerprint density at radius 2 is 1.79 bits per heavy atom. The Labute approximate surface area is 115 Å². The summed E-state index contributed by atoms with van der Waals surface area (Å²) >= 11 is 0. The summed E-state index contributed by atoms with van der Waals surface area (Å²) < 4.78 is 0. The van der Waals surface area contributed by atoms with Crippen molar-refractivity contribution in [1.82, 2.24) is 5.32 Å². The Bertz CT molecular complexity index is 279. The number of carboxylic acid groups (broad SMARTS) is 1. The van der Waals surface area contributed by atoms with Gasteiger partial charge < -0.3 is 15.5 Å². The lowest BCUT2D eigenvalue weighted by atomic mass is 10.0. The van der Waals surface area contributed by atoms with Gasteiger partial charge in [-0.25, -0.2) is 4.79 Å². The first kappa shape index (κ1) is 17.9. The lowest BCUT2D eigenvalue weighted by molar-refractivity contribution is -0.143. The highest BCUT2D eigenvalue weighted by Gasteiger charge is 2.23. The fraction of sp³-hybridized carbons (Fsp3) is 0.857. The summed E-state index contributed by atoms with van der Waals surface area (Å²) in [5.74, 6) is -1.44. The maximum absolute atomic E-state index is 11.7. The van der Waals surface area contributed by atoms with Crippen molar-refractivity contribution in [3.05, 3.63) is 0 Å². The van der Waals surface area contributed by atoms with Crippen LogP contribution in [-0.2, 0) is 9.59 Å². The molecule has 19 heavy (non-hydrogen) atoms. The molecule has 0 saturated carbocycles. The van der Waals surface area contributed by atoms with Crippen molar-refractivity contribution in [2.75, 3.05) is 0 Å². The molecule has 2 atom stereocenters. The van der Waals surface area contributed by atoms with Gasteiger partial charge in [0.1, 0.15) is 12.1 Å². The summed E-state index contributed by atoms with van der Waals surface area (Å²) in [6.45, 7) is 5.88. The highest BCUT2D eigenvalue weighted by atomic mass is 16.4. The molecule has 0 aliphatic rings. The lowest BCUT2D eigenvalue weighted by Gasteiger charge is -2.18. The first-order valence-electron chi connectivity index (χ1n) is 7.09. The molecule has 0 bridgehead atoms. The van der Waals surface area contributed by atoms with E-state index in [1.54, 1.807) is 0 Å². The molecule has 112 valence electrons. The van der Waals surface area contributed by atoms with Crippen LogP contribution in [0.5, 0.6) is 0 Å². The second kappa shape index (κ2) is 9.78. The number of aliphatic hydroxyl groups excluding tert-OH is 1. The van der Waals surface area contributed by atoms with Crippen LogP contribution in [0.2, 0.25) is 0 Å². The number of rotatable bonds is 10. The molecule has 0 aromatic rings. The predicted molar refractivity (Wildman–Crippen MR) is 73.8 cm³/mol. The topological polar surface area (TPSA) is 86.6 Å². The first-order chi connectivity index (χ1) is 8.88. The predicted octanol–water partition coefficient (Wildman–Crippen LogP) is 1.93. The third kappa shape index (κ3) is 8.59. The molecular weight excluding hydrogens is 246 g/mol. The van der Waals surface area contributed by atoms with Gasteiger partial charge in [-0.1, -0.05) is 46.5 Å². The van der Waals surface area contributed by atoms with Gasteiger partial charge in [0.2, 0.25) is 5.91 Å². The van der Waals surface area contributed by atoms with Gasteiger partial charge in [-0.2, -0.15) is 0 Å². The van der Waals surface area contributed by atoms with Crippen molar-refractivity contribution < 1.29 is 19.8 Å². The molecule has 0 aromatic carbocycles. The Kier molecular flexibility index (Phi) is 9.21. The summed E-state index contributed by atoms with van der Waals surface area (Å²) in [5, 5.41) is 21.1. The standard InChI is InChI=1S/C14H27NO4/c1-4-5-6-7-8-11(14(18)19)15-13(17)12(16)9-10(2)3/h10-12,16H,4-9H2,1-3H3,(H,15,17)(H,18,19)/t11-,12-/m1/s1. The zero-order valence-electron chi connectivity index (χ0n) is 12.2. The van der Waals surface area contributed by atoms with Gasteiger partial charge in [0.05, 0.1) is 0 Å². The molecule has 0 heterocycles. The first-order valence-corrected chi connectivity index (χ1v) is 7.09. The van der Waals surface area contributed by atoms with Gasteiger partial charge in [-0.3, -0.25) is 4.79 Å². The van der Waals surface area contributed by atoms with Crippen LogP contribution < -0.4 is 5.32 Å². The summed E-state index contributed by atoms with van der Waals surface area (Å²) in [7, 11) is 0. The third-order valence-electron chi connectivity index (χ3n) is 2.96. The molecule has 0 spiro atoms. The number of carbonyl (C=O) groups excluding carboxylic acids is 1. The normalized spacial score (nSPS) is 14.2. The number of hydrogen-bond donors (Lipinski definition) is 3. The Morgan fingerprint density at radius 1 is 1.16 bits per heavy atom. The average Bonchev–Trinajstić information content (AvgIpc) is 2.31. The smallest absolute Gasteiger partial charge is 0.326 e. The molecule has 1 amide bonds. The summed E-state index contributed by atoms with van der Waals surface area (Å²) in [6, 6.07) is -0.897. The summed E-state index contributed by atoms with van der Waals surface area (Å²) in [5.41, 5.74) is 0. The van der Waals surface area contributed by atoms with E-state index in [1.165, 1.54) is 0 Å². The molecule has 0 aliphatic heterocycles. The van der Waals surface area contributed by atoms with Crippen LogP contribution in [-0.4, -0.2) is 34.2 Å². The molecule has 0 rings (SSSR count). The van der Waals surface area contributed by atoms with Crippen molar-refractivity contribution in [2.24, 2.45) is 5.92 Å². The molecule has 0 radical (unpaired) electrons. The monoisotopic (exact) mass is 273 g/mol. The number of carboxylic acids is 1. The van der Waals surface area contributed by atoms with E-state index < -0.39 is 24.0 Å². The molecule has 3 N–H and O–H groups in total. The minimum atomic E-state index is -1.13. The van der Waals surface area contributed by atoms with E-state index in [9.17, 15) is 14.7 Å². The van der Waals surface area contributed by atoms with Crippen molar-refractivity contribution in [1.29, 1.82) is 0 Å². The van der Waals surface area contributed by atoms with E-state index in [0.29, 0.717) is 12.8 Å². The van der Waals surface area contributed by atoms with Crippen LogP contribution in [0.1, 0.15) is 59.3 Å². The quantitative estimate of drug-likeness (QED) is 0.531. The molecule has 0 saturated heterocycles. The molecule has 5 nitrogen and oxygen atoms in total. The molecule has 0 unspecified atom stereocenters. The van der Waals surface area contributed by atoms with Crippen molar-refractivity contribution in [3.8, 4) is 0 Å². The third-order valence-corrected chi connectivity index (χ3v) is 2.96. The van der Waals surface area contributed by atoms with Gasteiger partial charge >= 0.3 is 5.97 Å². The lowest BCUT2D eigenvalue weighted by Crippen LogP contribution is -2.45. The van der Waals surface area contributed by atoms with Gasteiger partial charge in [-0.05, 0) is 18.8 Å². The largest absolute Gasteiger partial charge is 0.480 e. The van der Waals surface area contributed by atoms with Crippen molar-refractivity contribution in [3.63, 3.8) is 0 Å². The van der Waals surface area contributed by atoms with E-state index in [4.69, 9.17) is 5.11 Å². The van der Waals surface area contributed by atoms with Crippen LogP contribution in [0.25, 0.3) is 0 Å². The van der Waals surface area contributed by atoms with Crippen LogP contribution in [0.4, 0.5) is 0 Å². The van der Waals surface area contributed by atoms with Crippen LogP contribution in [0.15, 0.2) is 0 Å². The van der Waals surface area contributed by atoms with Crippen molar-refractivity contribution >= 4 is 11.9 Å². The molecule has 0 aromatic heterocycles.